The normalized spacial score (nSPS) is 13.1. The van der Waals surface area contributed by atoms with Crippen LogP contribution in [0.1, 0.15) is 10.8 Å². The Labute approximate surface area is 61.3 Å². The zero-order valence-electron chi connectivity index (χ0n) is 4.99. The molecule has 1 unspecified atom stereocenters. The Hall–Kier alpha value is -0.430. The highest BCUT2D eigenvalue weighted by atomic mass is 32.1. The topological polar surface area (TPSA) is 0 Å². The van der Waals surface area contributed by atoms with Gasteiger partial charge in [0.1, 0.15) is 0 Å². The van der Waals surface area contributed by atoms with Gasteiger partial charge in [-0.05, 0) is 12.5 Å². The highest BCUT2D eigenvalue weighted by Crippen LogP contribution is 2.16. The van der Waals surface area contributed by atoms with Crippen LogP contribution in [0, 0.1) is 6.92 Å². The number of rotatable bonds is 1. The van der Waals surface area contributed by atoms with E-state index in [0.717, 1.165) is 5.56 Å². The molecule has 0 aromatic heterocycles. The predicted octanol–water partition coefficient (Wildman–Crippen LogP) is 2.37. The average Bonchev–Trinajstić information content (AvgIpc) is 1.90. The number of benzene rings is 1. The standard InChI is InChI=1S/C8H8S/c1-7(9)8-5-3-2-4-6-8/h1-7,9H. The molecule has 0 N–H and O–H groups in total. The summed E-state index contributed by atoms with van der Waals surface area (Å²) in [5.41, 5.74) is 1.06. The number of hydrogen-bond donors (Lipinski definition) is 1. The maximum Gasteiger partial charge on any atom is 0.0301 e. The molecule has 1 atom stereocenters. The van der Waals surface area contributed by atoms with Crippen LogP contribution in [0.4, 0.5) is 0 Å². The van der Waals surface area contributed by atoms with Gasteiger partial charge in [0.15, 0.2) is 0 Å². The molecule has 0 saturated heterocycles. The molecule has 2 radical (unpaired) electrons. The molecule has 0 saturated carbocycles. The van der Waals surface area contributed by atoms with E-state index in [1.807, 2.05) is 30.3 Å². The lowest BCUT2D eigenvalue weighted by molar-refractivity contribution is 1.24. The van der Waals surface area contributed by atoms with Gasteiger partial charge >= 0.3 is 0 Å². The van der Waals surface area contributed by atoms with Crippen molar-refractivity contribution in [3.8, 4) is 0 Å². The third-order valence-electron chi connectivity index (χ3n) is 1.14. The summed E-state index contributed by atoms with van der Waals surface area (Å²) in [5.74, 6) is 0. The zero-order valence-corrected chi connectivity index (χ0v) is 5.88. The fourth-order valence-corrected chi connectivity index (χ4v) is 0.822. The molecule has 46 valence electrons. The van der Waals surface area contributed by atoms with Gasteiger partial charge in [0.2, 0.25) is 0 Å². The van der Waals surface area contributed by atoms with Gasteiger partial charge in [0.05, 0.1) is 0 Å². The first kappa shape index (κ1) is 6.69. The van der Waals surface area contributed by atoms with E-state index in [9.17, 15) is 0 Å². The van der Waals surface area contributed by atoms with Crippen molar-refractivity contribution in [1.29, 1.82) is 0 Å². The molecule has 1 aromatic carbocycles. The van der Waals surface area contributed by atoms with Gasteiger partial charge in [0, 0.05) is 5.25 Å². The fraction of sp³-hybridized carbons (Fsp3) is 0.125. The maximum absolute atomic E-state index is 5.48. The van der Waals surface area contributed by atoms with Crippen LogP contribution in [0.15, 0.2) is 30.3 Å². The van der Waals surface area contributed by atoms with E-state index in [2.05, 4.69) is 12.6 Å². The predicted molar refractivity (Wildman–Crippen MR) is 42.5 cm³/mol. The minimum atomic E-state index is -0.147. The van der Waals surface area contributed by atoms with Crippen molar-refractivity contribution in [3.05, 3.63) is 42.8 Å². The van der Waals surface area contributed by atoms with Gasteiger partial charge < -0.3 is 0 Å². The molecule has 0 aliphatic heterocycles. The molecule has 0 nitrogen and oxygen atoms in total. The molecule has 9 heavy (non-hydrogen) atoms. The Kier molecular flexibility index (Phi) is 2.17. The van der Waals surface area contributed by atoms with Crippen molar-refractivity contribution >= 4 is 12.6 Å². The van der Waals surface area contributed by atoms with Gasteiger partial charge in [0.25, 0.3) is 0 Å². The van der Waals surface area contributed by atoms with Crippen molar-refractivity contribution in [3.63, 3.8) is 0 Å². The van der Waals surface area contributed by atoms with Crippen molar-refractivity contribution < 1.29 is 0 Å². The summed E-state index contributed by atoms with van der Waals surface area (Å²) in [5, 5.41) is -0.147. The second kappa shape index (κ2) is 2.92. The van der Waals surface area contributed by atoms with Crippen LogP contribution >= 0.6 is 12.6 Å². The highest BCUT2D eigenvalue weighted by molar-refractivity contribution is 7.80. The summed E-state index contributed by atoms with van der Waals surface area (Å²) in [6.45, 7) is 5.48. The van der Waals surface area contributed by atoms with Crippen molar-refractivity contribution in [2.24, 2.45) is 0 Å². The molecule has 0 heterocycles. The molecular weight excluding hydrogens is 128 g/mol. The molecule has 0 bridgehead atoms. The van der Waals surface area contributed by atoms with Gasteiger partial charge in [-0.25, -0.2) is 0 Å². The molecule has 1 aromatic rings. The van der Waals surface area contributed by atoms with Crippen LogP contribution in [0.5, 0.6) is 0 Å². The Morgan fingerprint density at radius 1 is 1.22 bits per heavy atom. The minimum Gasteiger partial charge on any atom is -0.171 e. The summed E-state index contributed by atoms with van der Waals surface area (Å²) < 4.78 is 0. The monoisotopic (exact) mass is 136 g/mol. The Bertz CT molecular complexity index is 167. The maximum atomic E-state index is 5.48. The van der Waals surface area contributed by atoms with Gasteiger partial charge in [-0.15, -0.1) is 0 Å². The second-order valence-electron chi connectivity index (χ2n) is 1.86. The largest absolute Gasteiger partial charge is 0.171 e. The lowest BCUT2D eigenvalue weighted by Crippen LogP contribution is -1.80. The van der Waals surface area contributed by atoms with Crippen LogP contribution in [-0.4, -0.2) is 0 Å². The van der Waals surface area contributed by atoms with E-state index in [1.54, 1.807) is 0 Å². The zero-order chi connectivity index (χ0) is 6.69. The molecule has 0 aliphatic rings. The van der Waals surface area contributed by atoms with Crippen LogP contribution < -0.4 is 0 Å². The van der Waals surface area contributed by atoms with Gasteiger partial charge in [-0.1, -0.05) is 30.3 Å². The van der Waals surface area contributed by atoms with E-state index >= 15 is 0 Å². The first-order valence-electron chi connectivity index (χ1n) is 2.79. The van der Waals surface area contributed by atoms with E-state index in [4.69, 9.17) is 6.92 Å². The van der Waals surface area contributed by atoms with Crippen molar-refractivity contribution in [1.82, 2.24) is 0 Å². The Balaban J connectivity index is 2.85. The summed E-state index contributed by atoms with van der Waals surface area (Å²) in [4.78, 5) is 0. The molecule has 1 heteroatoms. The van der Waals surface area contributed by atoms with Crippen LogP contribution in [0.25, 0.3) is 0 Å². The van der Waals surface area contributed by atoms with E-state index in [-0.39, 0.29) is 5.25 Å². The summed E-state index contributed by atoms with van der Waals surface area (Å²) in [7, 11) is 0. The van der Waals surface area contributed by atoms with Crippen LogP contribution in [0.2, 0.25) is 0 Å². The van der Waals surface area contributed by atoms with Crippen LogP contribution in [0.3, 0.4) is 0 Å². The summed E-state index contributed by atoms with van der Waals surface area (Å²) >= 11 is 4.07. The quantitative estimate of drug-likeness (QED) is 0.563. The Morgan fingerprint density at radius 2 is 1.78 bits per heavy atom. The summed E-state index contributed by atoms with van der Waals surface area (Å²) in [6, 6.07) is 9.77. The van der Waals surface area contributed by atoms with E-state index in [0.29, 0.717) is 0 Å². The van der Waals surface area contributed by atoms with E-state index in [1.165, 1.54) is 0 Å². The third kappa shape index (κ3) is 1.75. The number of thiol groups is 1. The van der Waals surface area contributed by atoms with Crippen LogP contribution in [-0.2, 0) is 0 Å². The first-order chi connectivity index (χ1) is 4.30. The second-order valence-corrected chi connectivity index (χ2v) is 2.41. The third-order valence-corrected chi connectivity index (χ3v) is 1.44. The van der Waals surface area contributed by atoms with E-state index < -0.39 is 0 Å². The lowest BCUT2D eigenvalue weighted by atomic mass is 10.2. The number of hydrogen-bond acceptors (Lipinski definition) is 1. The highest BCUT2D eigenvalue weighted by Gasteiger charge is 1.94. The van der Waals surface area contributed by atoms with Crippen molar-refractivity contribution in [2.75, 3.05) is 0 Å². The Morgan fingerprint density at radius 3 is 2.11 bits per heavy atom. The average molecular weight is 136 g/mol. The van der Waals surface area contributed by atoms with Crippen molar-refractivity contribution in [2.45, 2.75) is 5.25 Å². The van der Waals surface area contributed by atoms with Gasteiger partial charge in [-0.2, -0.15) is 12.6 Å². The molecule has 1 rings (SSSR count). The first-order valence-corrected chi connectivity index (χ1v) is 3.31. The molecule has 0 amide bonds. The lowest BCUT2D eigenvalue weighted by Gasteiger charge is -2.00. The smallest absolute Gasteiger partial charge is 0.0301 e. The molecule has 0 fully saturated rings. The molecule has 0 spiro atoms. The molecule has 0 aliphatic carbocycles. The minimum absolute atomic E-state index is 0.147. The molecular formula is C8H8S. The van der Waals surface area contributed by atoms with Gasteiger partial charge in [-0.3, -0.25) is 0 Å². The SMILES string of the molecule is [CH]C(S)c1ccccc1. The fourth-order valence-electron chi connectivity index (χ4n) is 0.650. The summed E-state index contributed by atoms with van der Waals surface area (Å²) in [6.07, 6.45) is 0.